The fourth-order valence-corrected chi connectivity index (χ4v) is 0.534. The van der Waals surface area contributed by atoms with Gasteiger partial charge in [-0.2, -0.15) is 0 Å². The topological polar surface area (TPSA) is 90.4 Å². The molecule has 1 rings (SSSR count). The molecule has 5 heteroatoms. The van der Waals surface area contributed by atoms with Gasteiger partial charge in [-0.05, 0) is 6.92 Å². The highest BCUT2D eigenvalue weighted by atomic mass is 16.5. The fourth-order valence-electron chi connectivity index (χ4n) is 0.534. The Morgan fingerprint density at radius 2 is 2.40 bits per heavy atom. The van der Waals surface area contributed by atoms with Crippen LogP contribution in [0.25, 0.3) is 0 Å². The number of rotatable bonds is 1. The Labute approximate surface area is 57.7 Å². The van der Waals surface area contributed by atoms with Gasteiger partial charge in [0.1, 0.15) is 17.6 Å². The summed E-state index contributed by atoms with van der Waals surface area (Å²) in [5, 5.41) is 3.58. The first-order valence-corrected chi connectivity index (χ1v) is 2.71. The maximum absolute atomic E-state index is 5.11. The van der Waals surface area contributed by atoms with Crippen molar-refractivity contribution in [3.05, 3.63) is 12.0 Å². The van der Waals surface area contributed by atoms with E-state index in [4.69, 9.17) is 11.5 Å². The Hall–Kier alpha value is -1.52. The third-order valence-electron chi connectivity index (χ3n) is 0.974. The van der Waals surface area contributed by atoms with Gasteiger partial charge in [0.05, 0.1) is 0 Å². The van der Waals surface area contributed by atoms with Gasteiger partial charge in [-0.3, -0.25) is 0 Å². The summed E-state index contributed by atoms with van der Waals surface area (Å²) < 4.78 is 4.58. The fraction of sp³-hybridized carbons (Fsp3) is 0.200. The zero-order valence-corrected chi connectivity index (χ0v) is 5.53. The zero-order chi connectivity index (χ0) is 7.56. The highest BCUT2D eigenvalue weighted by Gasteiger charge is 1.98. The van der Waals surface area contributed by atoms with Crippen molar-refractivity contribution in [1.29, 1.82) is 0 Å². The molecule has 0 saturated carbocycles. The molecule has 0 aliphatic rings. The summed E-state index contributed by atoms with van der Waals surface area (Å²) in [6, 6.07) is 0. The van der Waals surface area contributed by atoms with E-state index >= 15 is 0 Å². The van der Waals surface area contributed by atoms with E-state index in [9.17, 15) is 0 Å². The molecule has 0 saturated heterocycles. The predicted molar refractivity (Wildman–Crippen MR) is 36.7 cm³/mol. The molecule has 1 aromatic heterocycles. The summed E-state index contributed by atoms with van der Waals surface area (Å²) in [5.41, 5.74) is 11.5. The zero-order valence-electron chi connectivity index (χ0n) is 5.53. The van der Waals surface area contributed by atoms with Gasteiger partial charge >= 0.3 is 0 Å². The number of hydrogen-bond donors (Lipinski definition) is 2. The molecule has 0 unspecified atom stereocenters. The summed E-state index contributed by atoms with van der Waals surface area (Å²) in [4.78, 5) is 3.73. The Morgan fingerprint density at radius 3 is 2.80 bits per heavy atom. The minimum atomic E-state index is 0.00583. The van der Waals surface area contributed by atoms with E-state index in [0.29, 0.717) is 11.4 Å². The van der Waals surface area contributed by atoms with E-state index in [0.717, 1.165) is 0 Å². The largest absolute Gasteiger partial charge is 0.370 e. The number of aromatic nitrogens is 1. The molecule has 0 atom stereocenters. The molecule has 1 heterocycles. The van der Waals surface area contributed by atoms with Crippen molar-refractivity contribution in [3.63, 3.8) is 0 Å². The second-order valence-electron chi connectivity index (χ2n) is 1.82. The second kappa shape index (κ2) is 2.38. The van der Waals surface area contributed by atoms with Crippen LogP contribution in [0.1, 0.15) is 5.69 Å². The smallest absolute Gasteiger partial charge is 0.191 e. The van der Waals surface area contributed by atoms with Gasteiger partial charge in [-0.15, -0.1) is 0 Å². The summed E-state index contributed by atoms with van der Waals surface area (Å²) in [5.74, 6) is 0.00583. The molecule has 0 radical (unpaired) electrons. The van der Waals surface area contributed by atoms with Crippen molar-refractivity contribution < 1.29 is 4.52 Å². The van der Waals surface area contributed by atoms with Crippen LogP contribution in [-0.2, 0) is 0 Å². The van der Waals surface area contributed by atoms with Crippen LogP contribution in [-0.4, -0.2) is 11.1 Å². The highest BCUT2D eigenvalue weighted by molar-refractivity contribution is 5.79. The lowest BCUT2D eigenvalue weighted by atomic mass is 10.4. The standard InChI is InChI=1S/C5H8N4O/c1-3-4(2-10-9-3)8-5(6)7/h2H,1H3,(H4,6,7,8). The molecule has 0 spiro atoms. The number of nitrogens with two attached hydrogens (primary N) is 2. The molecule has 4 N–H and O–H groups in total. The van der Waals surface area contributed by atoms with Gasteiger partial charge in [-0.1, -0.05) is 5.16 Å². The molecule has 0 aliphatic heterocycles. The van der Waals surface area contributed by atoms with E-state index in [2.05, 4.69) is 14.7 Å². The summed E-state index contributed by atoms with van der Waals surface area (Å²) in [6.07, 6.45) is 1.38. The number of guanidine groups is 1. The van der Waals surface area contributed by atoms with Crippen molar-refractivity contribution in [2.24, 2.45) is 16.5 Å². The molecular weight excluding hydrogens is 132 g/mol. The number of nitrogens with zero attached hydrogens (tertiary/aromatic N) is 2. The van der Waals surface area contributed by atoms with Gasteiger partial charge in [0.15, 0.2) is 5.96 Å². The van der Waals surface area contributed by atoms with Gasteiger partial charge in [0.2, 0.25) is 0 Å². The van der Waals surface area contributed by atoms with Crippen molar-refractivity contribution >= 4 is 11.6 Å². The second-order valence-corrected chi connectivity index (χ2v) is 1.82. The van der Waals surface area contributed by atoms with E-state index in [1.54, 1.807) is 6.92 Å². The predicted octanol–water partition coefficient (Wildman–Crippen LogP) is -0.112. The first-order valence-electron chi connectivity index (χ1n) is 2.71. The average molecular weight is 140 g/mol. The SMILES string of the molecule is Cc1nocc1N=C(N)N. The average Bonchev–Trinajstić information content (AvgIpc) is 2.15. The number of aryl methyl sites for hydroxylation is 1. The lowest BCUT2D eigenvalue weighted by Gasteiger charge is -1.87. The first-order chi connectivity index (χ1) is 4.70. The Kier molecular flexibility index (Phi) is 1.57. The Balaban J connectivity index is 2.95. The van der Waals surface area contributed by atoms with Crippen LogP contribution < -0.4 is 11.5 Å². The van der Waals surface area contributed by atoms with E-state index in [-0.39, 0.29) is 5.96 Å². The summed E-state index contributed by atoms with van der Waals surface area (Å²) >= 11 is 0. The van der Waals surface area contributed by atoms with Crippen LogP contribution >= 0.6 is 0 Å². The van der Waals surface area contributed by atoms with Crippen molar-refractivity contribution in [3.8, 4) is 0 Å². The molecule has 0 aliphatic carbocycles. The third kappa shape index (κ3) is 1.25. The summed E-state index contributed by atoms with van der Waals surface area (Å²) in [7, 11) is 0. The van der Waals surface area contributed by atoms with Gasteiger partial charge in [-0.25, -0.2) is 4.99 Å². The molecule has 0 aromatic carbocycles. The monoisotopic (exact) mass is 140 g/mol. The van der Waals surface area contributed by atoms with Crippen LogP contribution in [0.4, 0.5) is 5.69 Å². The molecule has 0 bridgehead atoms. The molecular formula is C5H8N4O. The molecule has 0 amide bonds. The summed E-state index contributed by atoms with van der Waals surface area (Å²) in [6.45, 7) is 1.76. The minimum Gasteiger partial charge on any atom is -0.370 e. The lowest BCUT2D eigenvalue weighted by molar-refractivity contribution is 0.415. The first kappa shape index (κ1) is 6.60. The van der Waals surface area contributed by atoms with Crippen LogP contribution in [0.2, 0.25) is 0 Å². The Bertz CT molecular complexity index is 248. The third-order valence-corrected chi connectivity index (χ3v) is 0.974. The normalized spacial score (nSPS) is 9.30. The minimum absolute atomic E-state index is 0.00583. The van der Waals surface area contributed by atoms with Crippen LogP contribution in [0.15, 0.2) is 15.8 Å². The molecule has 5 nitrogen and oxygen atoms in total. The lowest BCUT2D eigenvalue weighted by Crippen LogP contribution is -2.21. The quantitative estimate of drug-likeness (QED) is 0.420. The number of hydrogen-bond acceptors (Lipinski definition) is 3. The van der Waals surface area contributed by atoms with Crippen molar-refractivity contribution in [2.45, 2.75) is 6.92 Å². The van der Waals surface area contributed by atoms with E-state index in [1.165, 1.54) is 6.26 Å². The van der Waals surface area contributed by atoms with E-state index in [1.807, 2.05) is 0 Å². The molecule has 0 fully saturated rings. The van der Waals surface area contributed by atoms with Crippen molar-refractivity contribution in [1.82, 2.24) is 5.16 Å². The van der Waals surface area contributed by atoms with Crippen LogP contribution in [0, 0.1) is 6.92 Å². The van der Waals surface area contributed by atoms with Crippen LogP contribution in [0.5, 0.6) is 0 Å². The highest BCUT2D eigenvalue weighted by Crippen LogP contribution is 2.14. The van der Waals surface area contributed by atoms with Gasteiger partial charge in [0, 0.05) is 0 Å². The molecule has 10 heavy (non-hydrogen) atoms. The van der Waals surface area contributed by atoms with Gasteiger partial charge in [0.25, 0.3) is 0 Å². The molecule has 1 aromatic rings. The van der Waals surface area contributed by atoms with Crippen molar-refractivity contribution in [2.75, 3.05) is 0 Å². The Morgan fingerprint density at radius 1 is 1.70 bits per heavy atom. The van der Waals surface area contributed by atoms with E-state index < -0.39 is 0 Å². The maximum atomic E-state index is 5.11. The number of aliphatic imine (C=N–C) groups is 1. The van der Waals surface area contributed by atoms with Gasteiger partial charge < -0.3 is 16.0 Å². The molecule has 54 valence electrons. The van der Waals surface area contributed by atoms with Crippen LogP contribution in [0.3, 0.4) is 0 Å². The maximum Gasteiger partial charge on any atom is 0.191 e.